The first-order chi connectivity index (χ1) is 6.29. The normalized spacial score (nSPS) is 22.2. The van der Waals surface area contributed by atoms with Gasteiger partial charge in [-0.25, -0.2) is 4.39 Å². The van der Waals surface area contributed by atoms with Crippen molar-refractivity contribution in [2.45, 2.75) is 19.3 Å². The van der Waals surface area contributed by atoms with E-state index >= 15 is 0 Å². The molecule has 1 aromatic rings. The van der Waals surface area contributed by atoms with Crippen LogP contribution in [0.15, 0.2) is 18.2 Å². The molecule has 13 heavy (non-hydrogen) atoms. The Kier molecular flexibility index (Phi) is 2.32. The van der Waals surface area contributed by atoms with Crippen LogP contribution in [0.1, 0.15) is 23.5 Å². The molecule has 1 unspecified atom stereocenters. The Hall–Kier alpha value is -0.890. The highest BCUT2D eigenvalue weighted by Crippen LogP contribution is 2.26. The minimum Gasteiger partial charge on any atom is -0.316 e. The van der Waals surface area contributed by atoms with Gasteiger partial charge in [-0.1, -0.05) is 12.1 Å². The molecule has 1 saturated heterocycles. The fourth-order valence-electron chi connectivity index (χ4n) is 1.99. The summed E-state index contributed by atoms with van der Waals surface area (Å²) in [7, 11) is 0. The third-order valence-electron chi connectivity index (χ3n) is 2.81. The molecule has 0 spiro atoms. The van der Waals surface area contributed by atoms with E-state index < -0.39 is 0 Å². The fraction of sp³-hybridized carbons (Fsp3) is 0.455. The van der Waals surface area contributed by atoms with Crippen molar-refractivity contribution in [1.82, 2.24) is 5.32 Å². The summed E-state index contributed by atoms with van der Waals surface area (Å²) < 4.78 is 13.2. The maximum absolute atomic E-state index is 13.2. The van der Waals surface area contributed by atoms with Gasteiger partial charge in [-0.2, -0.15) is 0 Å². The van der Waals surface area contributed by atoms with Crippen LogP contribution in [0.3, 0.4) is 0 Å². The minimum absolute atomic E-state index is 0.0793. The van der Waals surface area contributed by atoms with Crippen LogP contribution in [-0.2, 0) is 0 Å². The summed E-state index contributed by atoms with van der Waals surface area (Å²) in [6, 6.07) is 5.37. The predicted molar refractivity (Wildman–Crippen MR) is 51.4 cm³/mol. The quantitative estimate of drug-likeness (QED) is 0.697. The van der Waals surface area contributed by atoms with Crippen molar-refractivity contribution in [3.05, 3.63) is 35.1 Å². The highest BCUT2D eigenvalue weighted by Gasteiger charge is 2.18. The Balaban J connectivity index is 2.33. The van der Waals surface area contributed by atoms with Gasteiger partial charge in [0.25, 0.3) is 0 Å². The molecule has 1 nitrogen and oxygen atoms in total. The lowest BCUT2D eigenvalue weighted by molar-refractivity contribution is 0.610. The summed E-state index contributed by atoms with van der Waals surface area (Å²) in [5.74, 6) is 0.431. The highest BCUT2D eigenvalue weighted by atomic mass is 19.1. The molecule has 0 aromatic heterocycles. The van der Waals surface area contributed by atoms with E-state index in [2.05, 4.69) is 5.32 Å². The lowest BCUT2D eigenvalue weighted by Gasteiger charge is -2.12. The van der Waals surface area contributed by atoms with Gasteiger partial charge >= 0.3 is 0 Å². The van der Waals surface area contributed by atoms with E-state index in [4.69, 9.17) is 0 Å². The summed E-state index contributed by atoms with van der Waals surface area (Å²) in [5.41, 5.74) is 1.99. The van der Waals surface area contributed by atoms with Crippen LogP contribution in [0.5, 0.6) is 0 Å². The van der Waals surface area contributed by atoms with Gasteiger partial charge in [0.1, 0.15) is 5.82 Å². The summed E-state index contributed by atoms with van der Waals surface area (Å²) in [4.78, 5) is 0. The zero-order valence-electron chi connectivity index (χ0n) is 7.81. The summed E-state index contributed by atoms with van der Waals surface area (Å²) >= 11 is 0. The van der Waals surface area contributed by atoms with Crippen LogP contribution in [0.4, 0.5) is 4.39 Å². The predicted octanol–water partition coefficient (Wildman–Crippen LogP) is 2.21. The zero-order valence-corrected chi connectivity index (χ0v) is 7.81. The van der Waals surface area contributed by atoms with Crippen molar-refractivity contribution >= 4 is 0 Å². The Labute approximate surface area is 78.0 Å². The van der Waals surface area contributed by atoms with E-state index in [1.165, 1.54) is 11.6 Å². The molecule has 0 aliphatic carbocycles. The zero-order chi connectivity index (χ0) is 9.26. The molecule has 0 saturated carbocycles. The van der Waals surface area contributed by atoms with Crippen molar-refractivity contribution in [3.63, 3.8) is 0 Å². The molecule has 1 heterocycles. The second-order valence-electron chi connectivity index (χ2n) is 3.64. The van der Waals surface area contributed by atoms with Crippen LogP contribution in [0, 0.1) is 12.7 Å². The number of nitrogens with one attached hydrogen (secondary N) is 1. The number of halogens is 1. The first kappa shape index (κ1) is 8.70. The molecule has 0 radical (unpaired) electrons. The monoisotopic (exact) mass is 179 g/mol. The maximum atomic E-state index is 13.2. The highest BCUT2D eigenvalue weighted by molar-refractivity contribution is 5.31. The molecule has 1 aliphatic rings. The first-order valence-electron chi connectivity index (χ1n) is 4.75. The molecule has 70 valence electrons. The summed E-state index contributed by atoms with van der Waals surface area (Å²) in [6.45, 7) is 3.91. The lowest BCUT2D eigenvalue weighted by atomic mass is 9.94. The molecule has 2 rings (SSSR count). The third-order valence-corrected chi connectivity index (χ3v) is 2.81. The average Bonchev–Trinajstić information content (AvgIpc) is 2.62. The molecule has 1 aromatic carbocycles. The van der Waals surface area contributed by atoms with Gasteiger partial charge in [-0.15, -0.1) is 0 Å². The number of hydrogen-bond acceptors (Lipinski definition) is 1. The molecule has 0 bridgehead atoms. The van der Waals surface area contributed by atoms with E-state index in [0.717, 1.165) is 25.1 Å². The SMILES string of the molecule is Cc1c(F)cccc1C1CCNC1. The van der Waals surface area contributed by atoms with E-state index in [1.807, 2.05) is 13.0 Å². The van der Waals surface area contributed by atoms with Gasteiger partial charge in [0.15, 0.2) is 0 Å². The topological polar surface area (TPSA) is 12.0 Å². The molecular formula is C11H14FN. The number of hydrogen-bond donors (Lipinski definition) is 1. The van der Waals surface area contributed by atoms with Crippen molar-refractivity contribution in [1.29, 1.82) is 0 Å². The van der Waals surface area contributed by atoms with Crippen LogP contribution in [0.25, 0.3) is 0 Å². The standard InChI is InChI=1S/C11H14FN/c1-8-10(3-2-4-11(8)12)9-5-6-13-7-9/h2-4,9,13H,5-7H2,1H3. The Morgan fingerprint density at radius 2 is 2.31 bits per heavy atom. The van der Waals surface area contributed by atoms with Gasteiger partial charge < -0.3 is 5.32 Å². The van der Waals surface area contributed by atoms with E-state index in [9.17, 15) is 4.39 Å². The van der Waals surface area contributed by atoms with Crippen LogP contribution in [-0.4, -0.2) is 13.1 Å². The summed E-state index contributed by atoms with van der Waals surface area (Å²) in [5, 5.41) is 3.30. The molecule has 1 aliphatic heterocycles. The smallest absolute Gasteiger partial charge is 0.126 e. The van der Waals surface area contributed by atoms with E-state index in [-0.39, 0.29) is 5.82 Å². The van der Waals surface area contributed by atoms with Gasteiger partial charge in [0.05, 0.1) is 0 Å². The second kappa shape index (κ2) is 3.46. The molecule has 0 amide bonds. The Morgan fingerprint density at radius 1 is 1.46 bits per heavy atom. The van der Waals surface area contributed by atoms with Crippen molar-refractivity contribution in [3.8, 4) is 0 Å². The maximum Gasteiger partial charge on any atom is 0.126 e. The molecule has 2 heteroatoms. The number of rotatable bonds is 1. The molecular weight excluding hydrogens is 165 g/mol. The van der Waals surface area contributed by atoms with Crippen LogP contribution in [0.2, 0.25) is 0 Å². The Morgan fingerprint density at radius 3 is 3.00 bits per heavy atom. The average molecular weight is 179 g/mol. The largest absolute Gasteiger partial charge is 0.316 e. The van der Waals surface area contributed by atoms with Gasteiger partial charge in [-0.05, 0) is 43.0 Å². The molecule has 1 fully saturated rings. The van der Waals surface area contributed by atoms with Crippen LogP contribution < -0.4 is 5.32 Å². The van der Waals surface area contributed by atoms with Crippen LogP contribution >= 0.6 is 0 Å². The van der Waals surface area contributed by atoms with Gasteiger partial charge in [0, 0.05) is 6.54 Å². The number of benzene rings is 1. The lowest BCUT2D eigenvalue weighted by Crippen LogP contribution is -2.09. The van der Waals surface area contributed by atoms with E-state index in [0.29, 0.717) is 5.92 Å². The second-order valence-corrected chi connectivity index (χ2v) is 3.64. The van der Waals surface area contributed by atoms with E-state index in [1.54, 1.807) is 6.07 Å². The van der Waals surface area contributed by atoms with Crippen molar-refractivity contribution in [2.24, 2.45) is 0 Å². The van der Waals surface area contributed by atoms with Crippen molar-refractivity contribution in [2.75, 3.05) is 13.1 Å². The van der Waals surface area contributed by atoms with Gasteiger partial charge in [-0.3, -0.25) is 0 Å². The fourth-order valence-corrected chi connectivity index (χ4v) is 1.99. The minimum atomic E-state index is -0.0793. The summed E-state index contributed by atoms with van der Waals surface area (Å²) in [6.07, 6.45) is 1.13. The Bertz CT molecular complexity index is 303. The first-order valence-corrected chi connectivity index (χ1v) is 4.75. The third kappa shape index (κ3) is 1.59. The molecule has 1 atom stereocenters. The molecule has 1 N–H and O–H groups in total. The van der Waals surface area contributed by atoms with Gasteiger partial charge in [0.2, 0.25) is 0 Å². The van der Waals surface area contributed by atoms with Crippen molar-refractivity contribution < 1.29 is 4.39 Å².